The molecule has 1 aliphatic carbocycles. The molecule has 2 aromatic rings. The van der Waals surface area contributed by atoms with E-state index in [1.807, 2.05) is 4.90 Å². The van der Waals surface area contributed by atoms with E-state index in [1.165, 1.54) is 13.2 Å². The number of anilines is 2. The molecule has 0 aromatic carbocycles. The van der Waals surface area contributed by atoms with E-state index in [2.05, 4.69) is 30.0 Å². The van der Waals surface area contributed by atoms with Crippen molar-refractivity contribution in [2.45, 2.75) is 25.8 Å². The van der Waals surface area contributed by atoms with Crippen LogP contribution in [0.25, 0.3) is 0 Å². The van der Waals surface area contributed by atoms with Gasteiger partial charge in [-0.1, -0.05) is 11.6 Å². The molecule has 0 radical (unpaired) electrons. The molecule has 178 valence electrons. The molecule has 0 atom stereocenters. The van der Waals surface area contributed by atoms with Gasteiger partial charge in [0.25, 0.3) is 0 Å². The van der Waals surface area contributed by atoms with Crippen LogP contribution < -0.4 is 10.2 Å². The summed E-state index contributed by atoms with van der Waals surface area (Å²) in [5, 5.41) is 3.34. The number of rotatable bonds is 6. The van der Waals surface area contributed by atoms with Crippen molar-refractivity contribution in [3.8, 4) is 0 Å². The van der Waals surface area contributed by atoms with Gasteiger partial charge in [0, 0.05) is 31.3 Å². The molecule has 1 N–H and O–H groups in total. The number of carbonyl (C=O) groups excluding carboxylic acids is 2. The lowest BCUT2D eigenvalue weighted by atomic mass is 10.3. The lowest BCUT2D eigenvalue weighted by molar-refractivity contribution is 0.0518. The van der Waals surface area contributed by atoms with E-state index >= 15 is 0 Å². The average Bonchev–Trinajstić information content (AvgIpc) is 3.63. The van der Waals surface area contributed by atoms with E-state index < -0.39 is 11.9 Å². The van der Waals surface area contributed by atoms with Crippen LogP contribution >= 0.6 is 23.2 Å². The number of ether oxygens (including phenoxy) is 3. The fourth-order valence-electron chi connectivity index (χ4n) is 2.76. The number of halogens is 2. The minimum absolute atomic E-state index is 0.0440. The molecule has 1 aliphatic heterocycles. The quantitative estimate of drug-likeness (QED) is 0.358. The van der Waals surface area contributed by atoms with Crippen LogP contribution in [0.5, 0.6) is 0 Å². The molecule has 13 heteroatoms. The highest BCUT2D eigenvalue weighted by Crippen LogP contribution is 2.25. The maximum atomic E-state index is 11.9. The van der Waals surface area contributed by atoms with Gasteiger partial charge in [-0.25, -0.2) is 24.5 Å². The van der Waals surface area contributed by atoms with E-state index in [0.29, 0.717) is 43.3 Å². The molecule has 0 unspecified atom stereocenters. The Hall–Kier alpha value is -2.76. The summed E-state index contributed by atoms with van der Waals surface area (Å²) in [5.74, 6) is 0.249. The number of hydrogen-bond acceptors (Lipinski definition) is 11. The van der Waals surface area contributed by atoms with Crippen LogP contribution in [-0.4, -0.2) is 77.9 Å². The molecule has 11 nitrogen and oxygen atoms in total. The first kappa shape index (κ1) is 24.9. The summed E-state index contributed by atoms with van der Waals surface area (Å²) in [6.07, 6.45) is 2.29. The van der Waals surface area contributed by atoms with E-state index in [4.69, 9.17) is 32.7 Å². The molecule has 0 amide bonds. The first-order valence-electron chi connectivity index (χ1n) is 10.3. The molecule has 0 spiro atoms. The molecule has 0 bridgehead atoms. The second kappa shape index (κ2) is 11.9. The van der Waals surface area contributed by atoms with Gasteiger partial charge < -0.3 is 24.4 Å². The molecule has 1 saturated heterocycles. The topological polar surface area (TPSA) is 129 Å². The summed E-state index contributed by atoms with van der Waals surface area (Å²) in [6, 6.07) is 3.41. The number of aromatic nitrogens is 4. The van der Waals surface area contributed by atoms with Crippen LogP contribution in [0.2, 0.25) is 10.4 Å². The lowest BCUT2D eigenvalue weighted by Crippen LogP contribution is -2.37. The highest BCUT2D eigenvalue weighted by molar-refractivity contribution is 6.32. The van der Waals surface area contributed by atoms with Crippen LogP contribution in [0, 0.1) is 0 Å². The monoisotopic (exact) mass is 498 g/mol. The Balaban J connectivity index is 0.000000218. The first-order valence-corrected chi connectivity index (χ1v) is 11.1. The number of methoxy groups -OCH3 is 1. The maximum Gasteiger partial charge on any atom is 0.357 e. The Morgan fingerprint density at radius 3 is 2.39 bits per heavy atom. The average molecular weight is 499 g/mol. The summed E-state index contributed by atoms with van der Waals surface area (Å²) in [4.78, 5) is 40.9. The van der Waals surface area contributed by atoms with E-state index in [-0.39, 0.29) is 16.1 Å². The van der Waals surface area contributed by atoms with E-state index in [0.717, 1.165) is 25.9 Å². The van der Waals surface area contributed by atoms with Crippen LogP contribution in [0.4, 0.5) is 11.8 Å². The first-order chi connectivity index (χ1) is 15.9. The van der Waals surface area contributed by atoms with Gasteiger partial charge in [-0.3, -0.25) is 0 Å². The van der Waals surface area contributed by atoms with Gasteiger partial charge in [0.05, 0.1) is 26.9 Å². The fraction of sp³-hybridized carbons (Fsp3) is 0.500. The molecule has 2 aliphatic rings. The summed E-state index contributed by atoms with van der Waals surface area (Å²) in [5.41, 5.74) is 0.346. The van der Waals surface area contributed by atoms with Gasteiger partial charge >= 0.3 is 11.9 Å². The van der Waals surface area contributed by atoms with Crippen LogP contribution in [-0.2, 0) is 14.2 Å². The zero-order valence-corrected chi connectivity index (χ0v) is 19.7. The maximum absolute atomic E-state index is 11.9. The number of nitrogens with zero attached hydrogens (tertiary/aromatic N) is 5. The molecule has 33 heavy (non-hydrogen) atoms. The molecule has 2 aromatic heterocycles. The number of morpholine rings is 1. The van der Waals surface area contributed by atoms with Gasteiger partial charge in [-0.2, -0.15) is 4.98 Å². The Labute approximate surface area is 200 Å². The highest BCUT2D eigenvalue weighted by atomic mass is 35.5. The van der Waals surface area contributed by atoms with Crippen molar-refractivity contribution in [1.29, 1.82) is 0 Å². The summed E-state index contributed by atoms with van der Waals surface area (Å²) >= 11 is 10.9. The van der Waals surface area contributed by atoms with Gasteiger partial charge in [0.2, 0.25) is 11.2 Å². The number of hydrogen-bond donors (Lipinski definition) is 1. The van der Waals surface area contributed by atoms with Crippen molar-refractivity contribution in [1.82, 2.24) is 19.9 Å². The third kappa shape index (κ3) is 7.65. The van der Waals surface area contributed by atoms with E-state index in [1.54, 1.807) is 13.0 Å². The van der Waals surface area contributed by atoms with Crippen molar-refractivity contribution >= 4 is 46.9 Å². The number of nitrogens with one attached hydrogen (secondary N) is 1. The third-order valence-corrected chi connectivity index (χ3v) is 4.85. The normalized spacial score (nSPS) is 15.2. The molecular formula is C20H24Cl2N6O5. The zero-order valence-electron chi connectivity index (χ0n) is 18.2. The van der Waals surface area contributed by atoms with Crippen LogP contribution in [0.15, 0.2) is 12.1 Å². The second-order valence-corrected chi connectivity index (χ2v) is 7.74. The number of esters is 2. The molecule has 2 fully saturated rings. The Morgan fingerprint density at radius 1 is 1.09 bits per heavy atom. The van der Waals surface area contributed by atoms with Gasteiger partial charge in [0.1, 0.15) is 11.0 Å². The number of carbonyl (C=O) groups is 2. The largest absolute Gasteiger partial charge is 0.464 e. The van der Waals surface area contributed by atoms with Crippen LogP contribution in [0.1, 0.15) is 40.7 Å². The minimum Gasteiger partial charge on any atom is -0.464 e. The summed E-state index contributed by atoms with van der Waals surface area (Å²) in [6.45, 7) is 4.88. The molecule has 3 heterocycles. The lowest BCUT2D eigenvalue weighted by Gasteiger charge is -2.27. The second-order valence-electron chi connectivity index (χ2n) is 7.01. The van der Waals surface area contributed by atoms with E-state index in [9.17, 15) is 9.59 Å². The SMILES string of the molecule is CCOC(=O)c1cc(NC2CC2)nc(N2CCOCC2)n1.COC(=O)c1cc(Cl)nc(Cl)n1. The summed E-state index contributed by atoms with van der Waals surface area (Å²) in [7, 11) is 1.24. The highest BCUT2D eigenvalue weighted by Gasteiger charge is 2.24. The third-order valence-electron chi connectivity index (χ3n) is 4.48. The predicted octanol–water partition coefficient (Wildman–Crippen LogP) is 2.63. The Bertz CT molecular complexity index is 965. The molecule has 1 saturated carbocycles. The summed E-state index contributed by atoms with van der Waals surface area (Å²) < 4.78 is 14.8. The predicted molar refractivity (Wildman–Crippen MR) is 121 cm³/mol. The minimum atomic E-state index is -0.596. The molecule has 4 rings (SSSR count). The van der Waals surface area contributed by atoms with Crippen molar-refractivity contribution in [2.24, 2.45) is 0 Å². The van der Waals surface area contributed by atoms with Crippen molar-refractivity contribution in [3.05, 3.63) is 34.0 Å². The van der Waals surface area contributed by atoms with Gasteiger partial charge in [-0.15, -0.1) is 0 Å². The molecular weight excluding hydrogens is 475 g/mol. The Kier molecular flexibility index (Phi) is 8.98. The fourth-order valence-corrected chi connectivity index (χ4v) is 3.17. The van der Waals surface area contributed by atoms with Crippen molar-refractivity contribution in [2.75, 3.05) is 50.2 Å². The zero-order chi connectivity index (χ0) is 23.8. The Morgan fingerprint density at radius 2 is 1.79 bits per heavy atom. The smallest absolute Gasteiger partial charge is 0.357 e. The standard InChI is InChI=1S/C14H20N4O3.C6H4Cl2N2O2/c1-2-21-13(19)11-9-12(15-10-3-4-10)17-14(16-11)18-5-7-20-8-6-18;1-12-5(11)3-2-4(7)10-6(8)9-3/h9-10H,2-8H2,1H3,(H,15,16,17);2H,1H3. The van der Waals surface area contributed by atoms with Crippen molar-refractivity contribution in [3.63, 3.8) is 0 Å². The van der Waals surface area contributed by atoms with Crippen molar-refractivity contribution < 1.29 is 23.8 Å². The van der Waals surface area contributed by atoms with Crippen LogP contribution in [0.3, 0.4) is 0 Å². The van der Waals surface area contributed by atoms with Gasteiger partial charge in [0.15, 0.2) is 11.4 Å². The van der Waals surface area contributed by atoms with Gasteiger partial charge in [-0.05, 0) is 31.4 Å².